The highest BCUT2D eigenvalue weighted by molar-refractivity contribution is 5.74. The van der Waals surface area contributed by atoms with Gasteiger partial charge in [0.05, 0.1) is 7.11 Å². The van der Waals surface area contributed by atoms with Crippen LogP contribution in [0.1, 0.15) is 45.4 Å². The number of nitrogens with zero attached hydrogens (tertiary/aromatic N) is 1. The molecule has 21 heavy (non-hydrogen) atoms. The molecule has 0 bridgehead atoms. The van der Waals surface area contributed by atoms with Gasteiger partial charge in [-0.25, -0.2) is 9.59 Å². The van der Waals surface area contributed by atoms with Crippen molar-refractivity contribution in [1.82, 2.24) is 15.5 Å². The molecule has 2 N–H and O–H groups in total. The maximum absolute atomic E-state index is 12.0. The highest BCUT2D eigenvalue weighted by atomic mass is 16.5. The van der Waals surface area contributed by atoms with Crippen molar-refractivity contribution in [2.24, 2.45) is 5.92 Å². The van der Waals surface area contributed by atoms with Gasteiger partial charge in [0.2, 0.25) is 0 Å². The van der Waals surface area contributed by atoms with Gasteiger partial charge in [-0.05, 0) is 31.6 Å². The summed E-state index contributed by atoms with van der Waals surface area (Å²) >= 11 is 0. The van der Waals surface area contributed by atoms with Crippen molar-refractivity contribution in [3.63, 3.8) is 0 Å². The average molecular weight is 297 g/mol. The highest BCUT2D eigenvalue weighted by Gasteiger charge is 2.25. The summed E-state index contributed by atoms with van der Waals surface area (Å²) in [5, 5.41) is 6.12. The van der Waals surface area contributed by atoms with Crippen LogP contribution in [-0.4, -0.2) is 49.3 Å². The SMILES string of the molecule is COC(=O)N1CCC(NC(=O)N[C@@H]2CCC[C@H](C)C2)CC1. The smallest absolute Gasteiger partial charge is 0.409 e. The van der Waals surface area contributed by atoms with Crippen LogP contribution in [0.3, 0.4) is 0 Å². The molecule has 1 saturated carbocycles. The Morgan fingerprint density at radius 2 is 1.71 bits per heavy atom. The number of ether oxygens (including phenoxy) is 1. The van der Waals surface area contributed by atoms with Crippen LogP contribution in [0, 0.1) is 5.92 Å². The van der Waals surface area contributed by atoms with Crippen molar-refractivity contribution in [2.75, 3.05) is 20.2 Å². The molecule has 2 atom stereocenters. The number of amides is 3. The third-order valence-corrected chi connectivity index (χ3v) is 4.53. The van der Waals surface area contributed by atoms with Crippen LogP contribution in [0.4, 0.5) is 9.59 Å². The predicted molar refractivity (Wildman–Crippen MR) is 80.1 cm³/mol. The molecule has 0 spiro atoms. The van der Waals surface area contributed by atoms with Gasteiger partial charge in [-0.3, -0.25) is 0 Å². The van der Waals surface area contributed by atoms with Crippen LogP contribution in [0.15, 0.2) is 0 Å². The molecule has 6 heteroatoms. The van der Waals surface area contributed by atoms with Crippen LogP contribution >= 0.6 is 0 Å². The van der Waals surface area contributed by atoms with Gasteiger partial charge in [-0.1, -0.05) is 19.8 Å². The Labute approximate surface area is 126 Å². The Morgan fingerprint density at radius 1 is 1.05 bits per heavy atom. The number of hydrogen-bond acceptors (Lipinski definition) is 3. The number of hydrogen-bond donors (Lipinski definition) is 2. The maximum atomic E-state index is 12.0. The van der Waals surface area contributed by atoms with Gasteiger partial charge in [0.25, 0.3) is 0 Å². The molecule has 0 aromatic heterocycles. The highest BCUT2D eigenvalue weighted by Crippen LogP contribution is 2.23. The first kappa shape index (κ1) is 15.9. The fourth-order valence-corrected chi connectivity index (χ4v) is 3.31. The quantitative estimate of drug-likeness (QED) is 0.820. The Hall–Kier alpha value is -1.46. The van der Waals surface area contributed by atoms with Gasteiger partial charge >= 0.3 is 12.1 Å². The lowest BCUT2D eigenvalue weighted by Gasteiger charge is -2.32. The predicted octanol–water partition coefficient (Wildman–Crippen LogP) is 2.10. The molecule has 2 fully saturated rings. The Kier molecular flexibility index (Phi) is 5.70. The zero-order valence-corrected chi connectivity index (χ0v) is 13.1. The summed E-state index contributed by atoms with van der Waals surface area (Å²) in [6.07, 6.45) is 5.91. The van der Waals surface area contributed by atoms with Crippen LogP contribution in [0.25, 0.3) is 0 Å². The summed E-state index contributed by atoms with van der Waals surface area (Å²) in [5.41, 5.74) is 0. The normalized spacial score (nSPS) is 27.0. The van der Waals surface area contributed by atoms with Gasteiger partial charge in [0.15, 0.2) is 0 Å². The van der Waals surface area contributed by atoms with Gasteiger partial charge in [0.1, 0.15) is 0 Å². The summed E-state index contributed by atoms with van der Waals surface area (Å²) in [5.74, 6) is 0.701. The number of urea groups is 1. The number of methoxy groups -OCH3 is 1. The second-order valence-electron chi connectivity index (χ2n) is 6.32. The number of likely N-dealkylation sites (tertiary alicyclic amines) is 1. The van der Waals surface area contributed by atoms with E-state index in [4.69, 9.17) is 4.74 Å². The van der Waals surface area contributed by atoms with E-state index in [9.17, 15) is 9.59 Å². The van der Waals surface area contributed by atoms with E-state index in [1.807, 2.05) is 0 Å². The minimum Gasteiger partial charge on any atom is -0.453 e. The van der Waals surface area contributed by atoms with E-state index in [0.29, 0.717) is 25.0 Å². The second kappa shape index (κ2) is 7.52. The second-order valence-corrected chi connectivity index (χ2v) is 6.32. The topological polar surface area (TPSA) is 70.7 Å². The molecule has 120 valence electrons. The van der Waals surface area contributed by atoms with Gasteiger partial charge in [-0.2, -0.15) is 0 Å². The molecule has 1 heterocycles. The van der Waals surface area contributed by atoms with Crippen molar-refractivity contribution in [2.45, 2.75) is 57.5 Å². The number of carbonyl (C=O) groups excluding carboxylic acids is 2. The van der Waals surface area contributed by atoms with Crippen molar-refractivity contribution in [1.29, 1.82) is 0 Å². The van der Waals surface area contributed by atoms with Crippen molar-refractivity contribution in [3.8, 4) is 0 Å². The lowest BCUT2D eigenvalue weighted by atomic mass is 9.87. The first-order valence-electron chi connectivity index (χ1n) is 7.98. The summed E-state index contributed by atoms with van der Waals surface area (Å²) in [4.78, 5) is 25.1. The molecule has 0 radical (unpaired) electrons. The Bertz CT molecular complexity index is 367. The monoisotopic (exact) mass is 297 g/mol. The number of piperidine rings is 1. The van der Waals surface area contributed by atoms with E-state index in [1.54, 1.807) is 4.90 Å². The third-order valence-electron chi connectivity index (χ3n) is 4.53. The summed E-state index contributed by atoms with van der Waals surface area (Å²) in [6, 6.07) is 0.390. The molecule has 0 aromatic rings. The molecule has 6 nitrogen and oxygen atoms in total. The number of rotatable bonds is 2. The molecule has 2 aliphatic rings. The Morgan fingerprint density at radius 3 is 2.33 bits per heavy atom. The lowest BCUT2D eigenvalue weighted by Crippen LogP contribution is -2.51. The van der Waals surface area contributed by atoms with Crippen LogP contribution < -0.4 is 10.6 Å². The number of carbonyl (C=O) groups is 2. The first-order chi connectivity index (χ1) is 10.1. The third kappa shape index (κ3) is 4.79. The molecular formula is C15H27N3O3. The molecule has 0 aromatic carbocycles. The molecule has 1 aliphatic carbocycles. The van der Waals surface area contributed by atoms with Crippen molar-refractivity contribution < 1.29 is 14.3 Å². The zero-order valence-electron chi connectivity index (χ0n) is 13.1. The molecular weight excluding hydrogens is 270 g/mol. The van der Waals surface area contributed by atoms with Crippen LogP contribution in [-0.2, 0) is 4.74 Å². The Balaban J connectivity index is 1.68. The fourth-order valence-electron chi connectivity index (χ4n) is 3.31. The van der Waals surface area contributed by atoms with E-state index >= 15 is 0 Å². The van der Waals surface area contributed by atoms with Gasteiger partial charge in [0, 0.05) is 25.2 Å². The van der Waals surface area contributed by atoms with Crippen molar-refractivity contribution >= 4 is 12.1 Å². The van der Waals surface area contributed by atoms with Crippen LogP contribution in [0.5, 0.6) is 0 Å². The minimum absolute atomic E-state index is 0.0642. The summed E-state index contributed by atoms with van der Waals surface area (Å²) in [6.45, 7) is 3.52. The summed E-state index contributed by atoms with van der Waals surface area (Å²) in [7, 11) is 1.39. The van der Waals surface area contributed by atoms with E-state index < -0.39 is 0 Å². The molecule has 1 saturated heterocycles. The standard InChI is InChI=1S/C15H27N3O3/c1-11-4-3-5-13(10-11)17-14(19)16-12-6-8-18(9-7-12)15(20)21-2/h11-13H,3-10H2,1-2H3,(H2,16,17,19)/t11-,13+/m0/s1. The van der Waals surface area contributed by atoms with Gasteiger partial charge in [-0.15, -0.1) is 0 Å². The van der Waals surface area contributed by atoms with Gasteiger partial charge < -0.3 is 20.3 Å². The molecule has 3 amide bonds. The first-order valence-corrected chi connectivity index (χ1v) is 7.98. The van der Waals surface area contributed by atoms with E-state index in [0.717, 1.165) is 25.7 Å². The lowest BCUT2D eigenvalue weighted by molar-refractivity contribution is 0.110. The molecule has 0 unspecified atom stereocenters. The largest absolute Gasteiger partial charge is 0.453 e. The average Bonchev–Trinajstić information content (AvgIpc) is 2.47. The summed E-state index contributed by atoms with van der Waals surface area (Å²) < 4.78 is 4.70. The van der Waals surface area contributed by atoms with Crippen molar-refractivity contribution in [3.05, 3.63) is 0 Å². The number of nitrogens with one attached hydrogen (secondary N) is 2. The van der Waals surface area contributed by atoms with E-state index in [2.05, 4.69) is 17.6 Å². The van der Waals surface area contributed by atoms with Crippen LogP contribution in [0.2, 0.25) is 0 Å². The minimum atomic E-state index is -0.283. The van der Waals surface area contributed by atoms with E-state index in [-0.39, 0.29) is 18.2 Å². The maximum Gasteiger partial charge on any atom is 0.409 e. The zero-order chi connectivity index (χ0) is 15.2. The van der Waals surface area contributed by atoms with E-state index in [1.165, 1.54) is 20.0 Å². The fraction of sp³-hybridized carbons (Fsp3) is 0.867. The molecule has 2 rings (SSSR count). The molecule has 1 aliphatic heterocycles.